The monoisotopic (exact) mass is 936 g/mol. The lowest BCUT2D eigenvalue weighted by atomic mass is 9.78. The van der Waals surface area contributed by atoms with Gasteiger partial charge in [-0.25, -0.2) is 0 Å². The van der Waals surface area contributed by atoms with Gasteiger partial charge in [-0.2, -0.15) is 0 Å². The summed E-state index contributed by atoms with van der Waals surface area (Å²) in [5, 5.41) is 0. The fourth-order valence-electron chi connectivity index (χ4n) is 10.3. The molecule has 0 N–H and O–H groups in total. The van der Waals surface area contributed by atoms with Gasteiger partial charge in [-0.05, 0) is 136 Å². The number of hydrogen-bond donors (Lipinski definition) is 0. The second-order valence-electron chi connectivity index (χ2n) is 20.3. The van der Waals surface area contributed by atoms with Gasteiger partial charge in [0.25, 0.3) is 0 Å². The first-order valence-electron chi connectivity index (χ1n) is 28.3. The number of benzene rings is 2. The Labute approximate surface area is 421 Å². The molecule has 5 aromatic rings. The Kier molecular flexibility index (Phi) is 27.9. The highest BCUT2D eigenvalue weighted by Gasteiger charge is 2.24. The molecular weight excluding hydrogens is 843 g/mol. The van der Waals surface area contributed by atoms with E-state index in [0.717, 1.165) is 49.4 Å². The molecule has 0 atom stereocenters. The van der Waals surface area contributed by atoms with Crippen molar-refractivity contribution in [1.29, 1.82) is 0 Å². The molecule has 0 spiro atoms. The predicted octanol–water partition coefficient (Wildman–Crippen LogP) is 19.4. The minimum absolute atomic E-state index is 0.657. The molecule has 2 aliphatic carbocycles. The fraction of sp³-hybridized carbons (Fsp3) is 0.578. The molecule has 69 heavy (non-hydrogen) atoms. The third kappa shape index (κ3) is 22.0. The highest BCUT2D eigenvalue weighted by atomic mass is 16.5. The molecule has 3 aromatic heterocycles. The van der Waals surface area contributed by atoms with Crippen molar-refractivity contribution in [3.8, 4) is 33.8 Å². The number of ether oxygens (including phenoxy) is 2. The van der Waals surface area contributed by atoms with Crippen molar-refractivity contribution < 1.29 is 9.47 Å². The van der Waals surface area contributed by atoms with Gasteiger partial charge in [-0.15, -0.1) is 0 Å². The van der Waals surface area contributed by atoms with E-state index in [1.54, 1.807) is 12.4 Å². The van der Waals surface area contributed by atoms with E-state index in [-0.39, 0.29) is 0 Å². The molecule has 0 radical (unpaired) electrons. The lowest BCUT2D eigenvalue weighted by Gasteiger charge is -2.28. The van der Waals surface area contributed by atoms with Crippen LogP contribution >= 0.6 is 0 Å². The Bertz CT molecular complexity index is 1920. The van der Waals surface area contributed by atoms with E-state index in [1.165, 1.54) is 194 Å². The van der Waals surface area contributed by atoms with Crippen LogP contribution in [0.5, 0.6) is 11.5 Å². The quantitative estimate of drug-likeness (QED) is 0.0491. The van der Waals surface area contributed by atoms with Gasteiger partial charge >= 0.3 is 0 Å². The molecule has 0 amide bonds. The zero-order valence-corrected chi connectivity index (χ0v) is 43.9. The van der Waals surface area contributed by atoms with Crippen LogP contribution in [0, 0.1) is 11.8 Å². The van der Waals surface area contributed by atoms with Crippen molar-refractivity contribution in [3.63, 3.8) is 0 Å². The molecule has 0 saturated heterocycles. The van der Waals surface area contributed by atoms with Crippen molar-refractivity contribution in [2.75, 3.05) is 13.2 Å². The molecule has 2 saturated carbocycles. The number of rotatable bonds is 27. The van der Waals surface area contributed by atoms with Gasteiger partial charge in [0, 0.05) is 59.1 Å². The summed E-state index contributed by atoms with van der Waals surface area (Å²) in [4.78, 5) is 13.5. The minimum Gasteiger partial charge on any atom is -0.494 e. The standard InChI is InChI=1S/C30H45NO.C29H43NO.C5H5N/c1-3-5-7-8-9-11-23-32-29-20-17-26(18-21-29)28-19-22-30(31-24-28)27-15-13-25(14-16-27)12-10-6-4-2;1-3-5-7-8-10-22-31-28-19-16-25(17-20-28)27-18-21-29(30-23-27)26-14-12-24(13-15-26)11-9-6-4-2;1-2-4-6-5-3-1/h17-22,24-25,27H,3-16,23H2,1-2H3;16-21,23-24,26H,3-15,22H2,1-2H3;1-5H. The molecule has 0 unspecified atom stereocenters. The maximum absolute atomic E-state index is 5.93. The average Bonchev–Trinajstić information content (AvgIpc) is 3.41. The molecule has 5 nitrogen and oxygen atoms in total. The third-order valence-corrected chi connectivity index (χ3v) is 14.8. The smallest absolute Gasteiger partial charge is 0.119 e. The molecule has 5 heteroatoms. The third-order valence-electron chi connectivity index (χ3n) is 14.8. The molecule has 2 aromatic carbocycles. The van der Waals surface area contributed by atoms with E-state index in [1.807, 2.05) is 18.2 Å². The van der Waals surface area contributed by atoms with Gasteiger partial charge in [0.2, 0.25) is 0 Å². The highest BCUT2D eigenvalue weighted by Crippen LogP contribution is 2.39. The number of nitrogens with zero attached hydrogens (tertiary/aromatic N) is 3. The SMILES string of the molecule is CCCCCCCCOc1ccc(-c2ccc(C3CCC(CCCCC)CC3)nc2)cc1.CCCCCCCOc1ccc(-c2ccc(C3CCC(CCCCC)CC3)nc2)cc1.c1ccncc1. The zero-order valence-electron chi connectivity index (χ0n) is 43.9. The molecule has 3 heterocycles. The lowest BCUT2D eigenvalue weighted by molar-refractivity contribution is 0.300. The van der Waals surface area contributed by atoms with E-state index < -0.39 is 0 Å². The largest absolute Gasteiger partial charge is 0.494 e. The first-order chi connectivity index (χ1) is 34.1. The molecule has 0 aliphatic heterocycles. The zero-order chi connectivity index (χ0) is 48.4. The Morgan fingerprint density at radius 3 is 1.07 bits per heavy atom. The van der Waals surface area contributed by atoms with E-state index in [9.17, 15) is 0 Å². The number of pyridine rings is 3. The van der Waals surface area contributed by atoms with Gasteiger partial charge in [0.05, 0.1) is 13.2 Å². The van der Waals surface area contributed by atoms with Crippen LogP contribution < -0.4 is 9.47 Å². The van der Waals surface area contributed by atoms with Gasteiger partial charge < -0.3 is 9.47 Å². The van der Waals surface area contributed by atoms with Gasteiger partial charge in [-0.3, -0.25) is 15.0 Å². The van der Waals surface area contributed by atoms with Gasteiger partial charge in [0.1, 0.15) is 11.5 Å². The Balaban J connectivity index is 0.000000229. The summed E-state index contributed by atoms with van der Waals surface area (Å²) in [5.74, 6) is 5.17. The first kappa shape index (κ1) is 55.4. The molecule has 7 rings (SSSR count). The minimum atomic E-state index is 0.657. The topological polar surface area (TPSA) is 57.1 Å². The van der Waals surface area contributed by atoms with Gasteiger partial charge in [-0.1, -0.05) is 179 Å². The summed E-state index contributed by atoms with van der Waals surface area (Å²) in [6, 6.07) is 31.8. The van der Waals surface area contributed by atoms with Crippen molar-refractivity contribution in [2.24, 2.45) is 11.8 Å². The Hall–Kier alpha value is -4.51. The van der Waals surface area contributed by atoms with Crippen molar-refractivity contribution in [1.82, 2.24) is 15.0 Å². The van der Waals surface area contributed by atoms with Gasteiger partial charge in [0.15, 0.2) is 0 Å². The van der Waals surface area contributed by atoms with E-state index in [2.05, 4.69) is 118 Å². The number of hydrogen-bond acceptors (Lipinski definition) is 5. The van der Waals surface area contributed by atoms with Crippen LogP contribution in [-0.4, -0.2) is 28.2 Å². The molecule has 2 aliphatic rings. The highest BCUT2D eigenvalue weighted by molar-refractivity contribution is 5.64. The Morgan fingerprint density at radius 1 is 0.377 bits per heavy atom. The van der Waals surface area contributed by atoms with E-state index >= 15 is 0 Å². The fourth-order valence-corrected chi connectivity index (χ4v) is 10.3. The van der Waals surface area contributed by atoms with E-state index in [0.29, 0.717) is 11.8 Å². The van der Waals surface area contributed by atoms with Crippen LogP contribution in [0.2, 0.25) is 0 Å². The average molecular weight is 936 g/mol. The predicted molar refractivity (Wildman–Crippen MR) is 294 cm³/mol. The Morgan fingerprint density at radius 2 is 0.739 bits per heavy atom. The summed E-state index contributed by atoms with van der Waals surface area (Å²) in [6.07, 6.45) is 43.7. The van der Waals surface area contributed by atoms with Crippen LogP contribution in [0.25, 0.3) is 22.3 Å². The van der Waals surface area contributed by atoms with Crippen molar-refractivity contribution >= 4 is 0 Å². The molecular formula is C64H93N3O2. The number of unbranched alkanes of at least 4 members (excludes halogenated alkanes) is 13. The maximum atomic E-state index is 5.93. The number of aromatic nitrogens is 3. The summed E-state index contributed by atoms with van der Waals surface area (Å²) in [6.45, 7) is 10.7. The summed E-state index contributed by atoms with van der Waals surface area (Å²) in [7, 11) is 0. The van der Waals surface area contributed by atoms with E-state index in [4.69, 9.17) is 19.4 Å². The summed E-state index contributed by atoms with van der Waals surface area (Å²) in [5.41, 5.74) is 7.41. The van der Waals surface area contributed by atoms with Crippen LogP contribution in [-0.2, 0) is 0 Å². The molecule has 0 bridgehead atoms. The second-order valence-corrected chi connectivity index (χ2v) is 20.3. The van der Waals surface area contributed by atoms with Crippen LogP contribution in [0.4, 0.5) is 0 Å². The summed E-state index contributed by atoms with van der Waals surface area (Å²) < 4.78 is 11.8. The maximum Gasteiger partial charge on any atom is 0.119 e. The molecule has 376 valence electrons. The van der Waals surface area contributed by atoms with Crippen molar-refractivity contribution in [2.45, 2.75) is 213 Å². The van der Waals surface area contributed by atoms with Crippen LogP contribution in [0.3, 0.4) is 0 Å². The van der Waals surface area contributed by atoms with Crippen LogP contribution in [0.15, 0.2) is 116 Å². The lowest BCUT2D eigenvalue weighted by Crippen LogP contribution is -2.14. The van der Waals surface area contributed by atoms with Crippen LogP contribution in [0.1, 0.15) is 224 Å². The summed E-state index contributed by atoms with van der Waals surface area (Å²) >= 11 is 0. The van der Waals surface area contributed by atoms with Crippen molar-refractivity contribution in [3.05, 3.63) is 127 Å². The normalized spacial score (nSPS) is 17.7. The second kappa shape index (κ2) is 34.7. The molecule has 2 fully saturated rings. The first-order valence-corrected chi connectivity index (χ1v) is 28.3.